The van der Waals surface area contributed by atoms with Crippen molar-refractivity contribution < 1.29 is 13.2 Å². The van der Waals surface area contributed by atoms with Crippen LogP contribution < -0.4 is 5.32 Å². The Bertz CT molecular complexity index is 661. The van der Waals surface area contributed by atoms with Crippen molar-refractivity contribution in [2.45, 2.75) is 57.7 Å². The number of hydrogen-bond donors (Lipinski definition) is 1. The first-order valence-electron chi connectivity index (χ1n) is 7.98. The molecule has 2 aromatic heterocycles. The third-order valence-electron chi connectivity index (χ3n) is 4.42. The molecule has 1 saturated carbocycles. The fraction of sp³-hybridized carbons (Fsp3) is 0.667. The number of fused-ring (bicyclic) bond motifs is 1. The number of halogens is 3. The Morgan fingerprint density at radius 1 is 1.35 bits per heavy atom. The number of aromatic nitrogens is 4. The van der Waals surface area contributed by atoms with Crippen LogP contribution in [-0.4, -0.2) is 25.6 Å². The molecule has 1 unspecified atom stereocenters. The second-order valence-corrected chi connectivity index (χ2v) is 6.27. The molecule has 1 fully saturated rings. The van der Waals surface area contributed by atoms with Gasteiger partial charge in [-0.1, -0.05) is 25.7 Å². The smallest absolute Gasteiger partial charge is 0.367 e. The molecule has 3 rings (SSSR count). The first-order chi connectivity index (χ1) is 10.9. The molecule has 0 aromatic carbocycles. The molecule has 0 saturated heterocycles. The van der Waals surface area contributed by atoms with Crippen LogP contribution in [0.3, 0.4) is 0 Å². The summed E-state index contributed by atoms with van der Waals surface area (Å²) in [5.74, 6) is 0.984. The van der Waals surface area contributed by atoms with E-state index < -0.39 is 11.9 Å². The summed E-state index contributed by atoms with van der Waals surface area (Å²) in [5, 5.41) is 7.07. The summed E-state index contributed by atoms with van der Waals surface area (Å²) < 4.78 is 40.1. The third-order valence-corrected chi connectivity index (χ3v) is 4.42. The molecule has 1 aliphatic carbocycles. The van der Waals surface area contributed by atoms with Crippen molar-refractivity contribution in [2.75, 3.05) is 5.32 Å². The van der Waals surface area contributed by atoms with Crippen LogP contribution in [0.5, 0.6) is 0 Å². The largest absolute Gasteiger partial charge is 0.433 e. The van der Waals surface area contributed by atoms with Crippen LogP contribution in [-0.2, 0) is 6.18 Å². The number of alkyl halides is 3. The lowest BCUT2D eigenvalue weighted by Crippen LogP contribution is -2.20. The lowest BCUT2D eigenvalue weighted by atomic mass is 9.99. The van der Waals surface area contributed by atoms with Crippen LogP contribution in [0.15, 0.2) is 12.4 Å². The highest BCUT2D eigenvalue weighted by atomic mass is 19.4. The van der Waals surface area contributed by atoms with Crippen LogP contribution in [0.2, 0.25) is 0 Å². The Kier molecular flexibility index (Phi) is 4.41. The molecule has 0 spiro atoms. The molecule has 126 valence electrons. The van der Waals surface area contributed by atoms with Gasteiger partial charge in [0.25, 0.3) is 5.78 Å². The minimum Gasteiger partial charge on any atom is -0.367 e. The van der Waals surface area contributed by atoms with Gasteiger partial charge in [0.15, 0.2) is 5.69 Å². The van der Waals surface area contributed by atoms with Crippen LogP contribution in [0, 0.1) is 5.92 Å². The highest BCUT2D eigenvalue weighted by molar-refractivity contribution is 5.46. The number of anilines is 1. The summed E-state index contributed by atoms with van der Waals surface area (Å²) in [4.78, 5) is 7.28. The summed E-state index contributed by atoms with van der Waals surface area (Å²) in [6.07, 6.45) is 3.86. The summed E-state index contributed by atoms with van der Waals surface area (Å²) in [5.41, 5.74) is -0.955. The summed E-state index contributed by atoms with van der Waals surface area (Å²) in [7, 11) is 0. The number of nitrogens with one attached hydrogen (secondary N) is 1. The van der Waals surface area contributed by atoms with E-state index in [0.717, 1.165) is 24.8 Å². The maximum absolute atomic E-state index is 12.9. The Morgan fingerprint density at radius 2 is 2.09 bits per heavy atom. The molecular formula is C15H20F3N5. The van der Waals surface area contributed by atoms with Crippen LogP contribution in [0.4, 0.5) is 19.0 Å². The van der Waals surface area contributed by atoms with Crippen molar-refractivity contribution in [3.8, 4) is 0 Å². The molecule has 0 amide bonds. The Morgan fingerprint density at radius 3 is 2.78 bits per heavy atom. The molecule has 1 atom stereocenters. The second-order valence-electron chi connectivity index (χ2n) is 6.27. The van der Waals surface area contributed by atoms with Gasteiger partial charge in [-0.15, -0.1) is 0 Å². The van der Waals surface area contributed by atoms with E-state index in [1.54, 1.807) is 0 Å². The van der Waals surface area contributed by atoms with E-state index >= 15 is 0 Å². The first kappa shape index (κ1) is 16.0. The molecule has 2 aromatic rings. The minimum absolute atomic E-state index is 0.0506. The topological polar surface area (TPSA) is 55.1 Å². The maximum atomic E-state index is 12.9. The molecular weight excluding hydrogens is 307 g/mol. The molecule has 5 nitrogen and oxygen atoms in total. The fourth-order valence-corrected chi connectivity index (χ4v) is 3.17. The predicted molar refractivity (Wildman–Crippen MR) is 80.1 cm³/mol. The van der Waals surface area contributed by atoms with E-state index in [1.165, 1.54) is 36.5 Å². The van der Waals surface area contributed by atoms with E-state index in [2.05, 4.69) is 20.4 Å². The van der Waals surface area contributed by atoms with Gasteiger partial charge in [0.05, 0.1) is 0 Å². The molecule has 2 heterocycles. The predicted octanol–water partition coefficient (Wildman–Crippen LogP) is 3.91. The van der Waals surface area contributed by atoms with Crippen molar-refractivity contribution >= 4 is 11.6 Å². The van der Waals surface area contributed by atoms with E-state index in [9.17, 15) is 13.2 Å². The highest BCUT2D eigenvalue weighted by Gasteiger charge is 2.34. The van der Waals surface area contributed by atoms with Gasteiger partial charge in [-0.25, -0.2) is 4.98 Å². The van der Waals surface area contributed by atoms with Crippen LogP contribution in [0.1, 0.15) is 51.1 Å². The molecule has 0 bridgehead atoms. The molecule has 1 aliphatic rings. The summed E-state index contributed by atoms with van der Waals surface area (Å²) in [6, 6.07) is 1.06. The van der Waals surface area contributed by atoms with Gasteiger partial charge in [0, 0.05) is 12.1 Å². The van der Waals surface area contributed by atoms with Crippen molar-refractivity contribution in [3.05, 3.63) is 18.1 Å². The van der Waals surface area contributed by atoms with Crippen LogP contribution in [0.25, 0.3) is 5.78 Å². The van der Waals surface area contributed by atoms with Crippen molar-refractivity contribution in [1.29, 1.82) is 0 Å². The second kappa shape index (κ2) is 6.33. The quantitative estimate of drug-likeness (QED) is 0.904. The summed E-state index contributed by atoms with van der Waals surface area (Å²) in [6.45, 7) is 1.98. The highest BCUT2D eigenvalue weighted by Crippen LogP contribution is 2.31. The molecule has 0 radical (unpaired) electrons. The van der Waals surface area contributed by atoms with Crippen molar-refractivity contribution in [3.63, 3.8) is 0 Å². The van der Waals surface area contributed by atoms with Crippen LogP contribution >= 0.6 is 0 Å². The van der Waals surface area contributed by atoms with E-state index in [4.69, 9.17) is 0 Å². The minimum atomic E-state index is -4.50. The van der Waals surface area contributed by atoms with E-state index in [-0.39, 0.29) is 17.6 Å². The first-order valence-corrected chi connectivity index (χ1v) is 7.98. The van der Waals surface area contributed by atoms with Gasteiger partial charge >= 0.3 is 6.18 Å². The van der Waals surface area contributed by atoms with Gasteiger partial charge in [-0.2, -0.15) is 27.8 Å². The fourth-order valence-electron chi connectivity index (χ4n) is 3.17. The normalized spacial score (nSPS) is 17.7. The monoisotopic (exact) mass is 327 g/mol. The van der Waals surface area contributed by atoms with Crippen molar-refractivity contribution in [2.24, 2.45) is 5.92 Å². The van der Waals surface area contributed by atoms with Gasteiger partial charge in [-0.05, 0) is 25.7 Å². The van der Waals surface area contributed by atoms with Gasteiger partial charge < -0.3 is 5.32 Å². The van der Waals surface area contributed by atoms with E-state index in [1.807, 2.05) is 6.92 Å². The van der Waals surface area contributed by atoms with Gasteiger partial charge in [0.1, 0.15) is 12.1 Å². The zero-order chi connectivity index (χ0) is 16.4. The van der Waals surface area contributed by atoms with Crippen molar-refractivity contribution in [1.82, 2.24) is 19.6 Å². The maximum Gasteiger partial charge on any atom is 0.433 e. The summed E-state index contributed by atoms with van der Waals surface area (Å²) >= 11 is 0. The standard InChI is InChI=1S/C15H20F3N5/c1-10(6-7-11-4-2-3-5-11)21-13-8-12(15(16,17)18)22-14-19-9-20-23(13)14/h8-11,21H,2-7H2,1H3. The average molecular weight is 327 g/mol. The lowest BCUT2D eigenvalue weighted by molar-refractivity contribution is -0.141. The number of rotatable bonds is 5. The lowest BCUT2D eigenvalue weighted by Gasteiger charge is -2.18. The number of nitrogens with zero attached hydrogens (tertiary/aromatic N) is 4. The zero-order valence-electron chi connectivity index (χ0n) is 13.0. The van der Waals surface area contributed by atoms with Gasteiger partial charge in [0.2, 0.25) is 0 Å². The molecule has 23 heavy (non-hydrogen) atoms. The molecule has 0 aliphatic heterocycles. The van der Waals surface area contributed by atoms with E-state index in [0.29, 0.717) is 0 Å². The zero-order valence-corrected chi connectivity index (χ0v) is 13.0. The Hall–Kier alpha value is -1.86. The average Bonchev–Trinajstić information content (AvgIpc) is 3.15. The number of hydrogen-bond acceptors (Lipinski definition) is 4. The Labute approximate surface area is 132 Å². The Balaban J connectivity index is 1.74. The molecule has 1 N–H and O–H groups in total. The molecule has 8 heteroatoms. The third kappa shape index (κ3) is 3.73. The SMILES string of the molecule is CC(CCC1CCCC1)Nc1cc(C(F)(F)F)nc2ncnn12. The van der Waals surface area contributed by atoms with Gasteiger partial charge in [-0.3, -0.25) is 0 Å².